The number of hydrogen-bond donors (Lipinski definition) is 1. The van der Waals surface area contributed by atoms with Crippen molar-refractivity contribution in [3.8, 4) is 5.75 Å². The number of halogens is 3. The van der Waals surface area contributed by atoms with Gasteiger partial charge in [-0.1, -0.05) is 45.9 Å². The monoisotopic (exact) mass is 289 g/mol. The standard InChI is InChI=1S/C15H22F3NO/c1-10(2)19-9-11(3)12(4)13-7-5-6-8-14(13)20-15(16,17)18/h5-8,10-12,19H,9H2,1-4H3. The van der Waals surface area contributed by atoms with Crippen LogP contribution < -0.4 is 10.1 Å². The fraction of sp³-hybridized carbons (Fsp3) is 0.600. The van der Waals surface area contributed by atoms with Crippen molar-refractivity contribution < 1.29 is 17.9 Å². The molecule has 0 spiro atoms. The van der Waals surface area contributed by atoms with E-state index in [9.17, 15) is 13.2 Å². The van der Waals surface area contributed by atoms with Gasteiger partial charge in [0.05, 0.1) is 0 Å². The van der Waals surface area contributed by atoms with Crippen LogP contribution in [0.5, 0.6) is 5.75 Å². The first-order valence-electron chi connectivity index (χ1n) is 6.78. The molecule has 0 bridgehead atoms. The lowest BCUT2D eigenvalue weighted by atomic mass is 9.88. The number of alkyl halides is 3. The second-order valence-corrected chi connectivity index (χ2v) is 5.41. The fourth-order valence-electron chi connectivity index (χ4n) is 1.98. The van der Waals surface area contributed by atoms with Crippen LogP contribution in [0.15, 0.2) is 24.3 Å². The highest BCUT2D eigenvalue weighted by molar-refractivity contribution is 5.36. The zero-order valence-electron chi connectivity index (χ0n) is 12.3. The quantitative estimate of drug-likeness (QED) is 0.842. The van der Waals surface area contributed by atoms with Crippen molar-refractivity contribution in [3.63, 3.8) is 0 Å². The second kappa shape index (κ2) is 6.97. The molecule has 0 aliphatic carbocycles. The Kier molecular flexibility index (Phi) is 5.87. The molecule has 2 unspecified atom stereocenters. The summed E-state index contributed by atoms with van der Waals surface area (Å²) in [6, 6.07) is 6.69. The minimum absolute atomic E-state index is 0.0280. The topological polar surface area (TPSA) is 21.3 Å². The number of nitrogens with one attached hydrogen (secondary N) is 1. The SMILES string of the molecule is CC(C)NCC(C)C(C)c1ccccc1OC(F)(F)F. The van der Waals surface area contributed by atoms with Crippen molar-refractivity contribution in [1.82, 2.24) is 5.32 Å². The Morgan fingerprint density at radius 1 is 1.10 bits per heavy atom. The van der Waals surface area contributed by atoms with Gasteiger partial charge in [0.15, 0.2) is 0 Å². The molecule has 1 aromatic carbocycles. The molecule has 0 fully saturated rings. The molecule has 2 atom stereocenters. The minimum atomic E-state index is -4.66. The summed E-state index contributed by atoms with van der Waals surface area (Å²) in [7, 11) is 0. The van der Waals surface area contributed by atoms with Crippen LogP contribution in [0.25, 0.3) is 0 Å². The Bertz CT molecular complexity index is 418. The van der Waals surface area contributed by atoms with Crippen LogP contribution in [-0.2, 0) is 0 Å². The summed E-state index contributed by atoms with van der Waals surface area (Å²) in [6.07, 6.45) is -4.66. The summed E-state index contributed by atoms with van der Waals surface area (Å²) in [6.45, 7) is 8.77. The molecule has 20 heavy (non-hydrogen) atoms. The van der Waals surface area contributed by atoms with E-state index < -0.39 is 6.36 Å². The maximum absolute atomic E-state index is 12.4. The number of benzene rings is 1. The Hall–Kier alpha value is -1.23. The molecule has 0 amide bonds. The Balaban J connectivity index is 2.84. The van der Waals surface area contributed by atoms with Gasteiger partial charge in [0, 0.05) is 6.04 Å². The molecular weight excluding hydrogens is 267 g/mol. The zero-order chi connectivity index (χ0) is 15.3. The molecule has 0 saturated heterocycles. The molecular formula is C15H22F3NO. The Morgan fingerprint density at radius 3 is 2.25 bits per heavy atom. The predicted octanol–water partition coefficient (Wildman–Crippen LogP) is 4.32. The Labute approximate surface area is 118 Å². The largest absolute Gasteiger partial charge is 0.573 e. The van der Waals surface area contributed by atoms with Crippen LogP contribution in [0.3, 0.4) is 0 Å². The van der Waals surface area contributed by atoms with Crippen molar-refractivity contribution in [2.45, 2.75) is 46.0 Å². The van der Waals surface area contributed by atoms with Gasteiger partial charge in [-0.05, 0) is 30.0 Å². The highest BCUT2D eigenvalue weighted by Gasteiger charge is 2.33. The summed E-state index contributed by atoms with van der Waals surface area (Å²) in [5.74, 6) is 0.0686. The van der Waals surface area contributed by atoms with Crippen molar-refractivity contribution in [1.29, 1.82) is 0 Å². The molecule has 0 heterocycles. The molecule has 0 aromatic heterocycles. The van der Waals surface area contributed by atoms with Gasteiger partial charge in [-0.2, -0.15) is 0 Å². The van der Waals surface area contributed by atoms with E-state index in [2.05, 4.69) is 10.1 Å². The minimum Gasteiger partial charge on any atom is -0.405 e. The fourth-order valence-corrected chi connectivity index (χ4v) is 1.98. The van der Waals surface area contributed by atoms with Gasteiger partial charge in [0.1, 0.15) is 5.75 Å². The maximum atomic E-state index is 12.4. The molecule has 0 saturated carbocycles. The summed E-state index contributed by atoms with van der Waals surface area (Å²) in [5.41, 5.74) is 0.586. The molecule has 0 aliphatic heterocycles. The van der Waals surface area contributed by atoms with Crippen molar-refractivity contribution >= 4 is 0 Å². The summed E-state index contributed by atoms with van der Waals surface area (Å²) >= 11 is 0. The lowest BCUT2D eigenvalue weighted by molar-refractivity contribution is -0.275. The van der Waals surface area contributed by atoms with E-state index in [1.807, 2.05) is 27.7 Å². The van der Waals surface area contributed by atoms with Gasteiger partial charge in [0.2, 0.25) is 0 Å². The Morgan fingerprint density at radius 2 is 1.70 bits per heavy atom. The third-order valence-electron chi connectivity index (χ3n) is 3.34. The van der Waals surface area contributed by atoms with E-state index >= 15 is 0 Å². The molecule has 5 heteroatoms. The molecule has 1 aromatic rings. The van der Waals surface area contributed by atoms with E-state index in [1.165, 1.54) is 6.07 Å². The number of rotatable bonds is 6. The van der Waals surface area contributed by atoms with E-state index in [4.69, 9.17) is 0 Å². The van der Waals surface area contributed by atoms with Gasteiger partial charge in [-0.15, -0.1) is 13.2 Å². The average molecular weight is 289 g/mol. The van der Waals surface area contributed by atoms with Crippen LogP contribution in [0.1, 0.15) is 39.2 Å². The zero-order valence-corrected chi connectivity index (χ0v) is 12.3. The van der Waals surface area contributed by atoms with Crippen LogP contribution >= 0.6 is 0 Å². The highest BCUT2D eigenvalue weighted by Crippen LogP contribution is 2.34. The van der Waals surface area contributed by atoms with Gasteiger partial charge in [-0.3, -0.25) is 0 Å². The smallest absolute Gasteiger partial charge is 0.405 e. The van der Waals surface area contributed by atoms with Crippen molar-refractivity contribution in [2.24, 2.45) is 5.92 Å². The summed E-state index contributed by atoms with van der Waals surface area (Å²) in [5, 5.41) is 3.30. The molecule has 0 radical (unpaired) electrons. The first kappa shape index (κ1) is 16.8. The normalized spacial score (nSPS) is 15.2. The van der Waals surface area contributed by atoms with Crippen LogP contribution in [-0.4, -0.2) is 18.9 Å². The van der Waals surface area contributed by atoms with E-state index in [0.717, 1.165) is 6.54 Å². The number of para-hydroxylation sites is 1. The van der Waals surface area contributed by atoms with Crippen LogP contribution in [0.4, 0.5) is 13.2 Å². The average Bonchev–Trinajstić information content (AvgIpc) is 2.33. The van der Waals surface area contributed by atoms with Gasteiger partial charge >= 0.3 is 6.36 Å². The number of hydrogen-bond acceptors (Lipinski definition) is 2. The third-order valence-corrected chi connectivity index (χ3v) is 3.34. The summed E-state index contributed by atoms with van der Waals surface area (Å²) in [4.78, 5) is 0. The predicted molar refractivity (Wildman–Crippen MR) is 73.8 cm³/mol. The van der Waals surface area contributed by atoms with Gasteiger partial charge < -0.3 is 10.1 Å². The second-order valence-electron chi connectivity index (χ2n) is 5.41. The molecule has 1 rings (SSSR count). The van der Waals surface area contributed by atoms with E-state index in [1.54, 1.807) is 18.2 Å². The van der Waals surface area contributed by atoms with Crippen LogP contribution in [0, 0.1) is 5.92 Å². The first-order chi connectivity index (χ1) is 9.20. The van der Waals surface area contributed by atoms with Crippen molar-refractivity contribution in [2.75, 3.05) is 6.54 Å². The van der Waals surface area contributed by atoms with Crippen LogP contribution in [0.2, 0.25) is 0 Å². The third kappa shape index (κ3) is 5.41. The number of ether oxygens (including phenoxy) is 1. The highest BCUT2D eigenvalue weighted by atomic mass is 19.4. The molecule has 1 N–H and O–H groups in total. The van der Waals surface area contributed by atoms with E-state index in [-0.39, 0.29) is 17.6 Å². The van der Waals surface area contributed by atoms with Crippen molar-refractivity contribution in [3.05, 3.63) is 29.8 Å². The lowest BCUT2D eigenvalue weighted by Gasteiger charge is -2.24. The van der Waals surface area contributed by atoms with E-state index in [0.29, 0.717) is 11.6 Å². The molecule has 2 nitrogen and oxygen atoms in total. The van der Waals surface area contributed by atoms with Gasteiger partial charge in [0.25, 0.3) is 0 Å². The lowest BCUT2D eigenvalue weighted by Crippen LogP contribution is -2.30. The maximum Gasteiger partial charge on any atom is 0.573 e. The van der Waals surface area contributed by atoms with Gasteiger partial charge in [-0.25, -0.2) is 0 Å². The first-order valence-corrected chi connectivity index (χ1v) is 6.78. The molecule has 114 valence electrons. The summed E-state index contributed by atoms with van der Waals surface area (Å²) < 4.78 is 41.3. The molecule has 0 aliphatic rings.